The number of pyridine rings is 1. The summed E-state index contributed by atoms with van der Waals surface area (Å²) in [6, 6.07) is 14.6. The first kappa shape index (κ1) is 11.6. The summed E-state index contributed by atoms with van der Waals surface area (Å²) in [6.45, 7) is 0. The van der Waals surface area contributed by atoms with E-state index in [1.165, 1.54) is 9.79 Å². The molecule has 0 aliphatic carbocycles. The Morgan fingerprint density at radius 3 is 1.94 bits per heavy atom. The zero-order valence-electron chi connectivity index (χ0n) is 8.87. The van der Waals surface area contributed by atoms with Crippen LogP contribution in [0.2, 0.25) is 0 Å². The van der Waals surface area contributed by atoms with Crippen molar-refractivity contribution in [2.45, 2.75) is 9.79 Å². The molecular formula is C13H13NS2. The Morgan fingerprint density at radius 1 is 0.750 bits per heavy atom. The highest BCUT2D eigenvalue weighted by Gasteiger charge is 1.95. The highest BCUT2D eigenvalue weighted by Crippen LogP contribution is 2.22. The molecule has 16 heavy (non-hydrogen) atoms. The Kier molecular flexibility index (Phi) is 4.77. The second kappa shape index (κ2) is 6.61. The number of rotatable bonds is 5. The van der Waals surface area contributed by atoms with Gasteiger partial charge in [0, 0.05) is 33.7 Å². The lowest BCUT2D eigenvalue weighted by atomic mass is 10.4. The second-order valence-electron chi connectivity index (χ2n) is 3.19. The maximum absolute atomic E-state index is 4.00. The van der Waals surface area contributed by atoms with Gasteiger partial charge in [-0.25, -0.2) is 0 Å². The van der Waals surface area contributed by atoms with E-state index in [0.29, 0.717) is 0 Å². The highest BCUT2D eigenvalue weighted by molar-refractivity contribution is 8.03. The van der Waals surface area contributed by atoms with Crippen molar-refractivity contribution < 1.29 is 0 Å². The lowest BCUT2D eigenvalue weighted by molar-refractivity contribution is 1.26. The molecule has 1 heterocycles. The van der Waals surface area contributed by atoms with Crippen LogP contribution in [0.4, 0.5) is 0 Å². The standard InChI is InChI=1S/C13H13NS2/c1-2-4-12(5-3-1)15-10-11-16-13-6-8-14-9-7-13/h1-9H,10-11H2. The molecule has 3 heteroatoms. The molecule has 0 atom stereocenters. The van der Waals surface area contributed by atoms with Gasteiger partial charge in [-0.1, -0.05) is 18.2 Å². The van der Waals surface area contributed by atoms with Gasteiger partial charge in [-0.15, -0.1) is 23.5 Å². The van der Waals surface area contributed by atoms with E-state index in [2.05, 4.69) is 47.4 Å². The summed E-state index contributed by atoms with van der Waals surface area (Å²) in [6.07, 6.45) is 3.68. The fourth-order valence-electron chi connectivity index (χ4n) is 1.27. The first-order valence-electron chi connectivity index (χ1n) is 5.16. The zero-order valence-corrected chi connectivity index (χ0v) is 10.5. The Bertz CT molecular complexity index is 361. The fraction of sp³-hybridized carbons (Fsp3) is 0.154. The van der Waals surface area contributed by atoms with Crippen LogP contribution in [-0.4, -0.2) is 16.5 Å². The first-order valence-corrected chi connectivity index (χ1v) is 7.13. The van der Waals surface area contributed by atoms with Gasteiger partial charge in [0.1, 0.15) is 0 Å². The maximum Gasteiger partial charge on any atom is 0.0278 e. The fourth-order valence-corrected chi connectivity index (χ4v) is 3.07. The highest BCUT2D eigenvalue weighted by atomic mass is 32.2. The average molecular weight is 247 g/mol. The van der Waals surface area contributed by atoms with Crippen LogP contribution in [0.3, 0.4) is 0 Å². The third-order valence-corrected chi connectivity index (χ3v) is 4.30. The van der Waals surface area contributed by atoms with Gasteiger partial charge in [-0.2, -0.15) is 0 Å². The van der Waals surface area contributed by atoms with Crippen LogP contribution >= 0.6 is 23.5 Å². The molecular weight excluding hydrogens is 234 g/mol. The van der Waals surface area contributed by atoms with E-state index in [-0.39, 0.29) is 0 Å². The second-order valence-corrected chi connectivity index (χ2v) is 5.53. The SMILES string of the molecule is c1ccc(SCCSc2ccncc2)cc1. The molecule has 0 aliphatic rings. The summed E-state index contributed by atoms with van der Waals surface area (Å²) in [5.74, 6) is 2.26. The predicted octanol–water partition coefficient (Wildman–Crippen LogP) is 3.97. The summed E-state index contributed by atoms with van der Waals surface area (Å²) in [5.41, 5.74) is 0. The number of benzene rings is 1. The maximum atomic E-state index is 4.00. The summed E-state index contributed by atoms with van der Waals surface area (Å²) < 4.78 is 0. The molecule has 0 amide bonds. The number of aromatic nitrogens is 1. The molecule has 0 aliphatic heterocycles. The minimum Gasteiger partial charge on any atom is -0.265 e. The lowest BCUT2D eigenvalue weighted by Crippen LogP contribution is -1.84. The van der Waals surface area contributed by atoms with E-state index in [1.807, 2.05) is 35.9 Å². The minimum absolute atomic E-state index is 1.13. The molecule has 0 fully saturated rings. The molecule has 0 radical (unpaired) electrons. The van der Waals surface area contributed by atoms with Gasteiger partial charge in [-0.3, -0.25) is 4.98 Å². The summed E-state index contributed by atoms with van der Waals surface area (Å²) in [4.78, 5) is 6.64. The Balaban J connectivity index is 1.70. The van der Waals surface area contributed by atoms with E-state index in [4.69, 9.17) is 0 Å². The number of hydrogen-bond acceptors (Lipinski definition) is 3. The molecule has 2 rings (SSSR count). The molecule has 1 aromatic carbocycles. The van der Waals surface area contributed by atoms with Gasteiger partial charge in [0.05, 0.1) is 0 Å². The Hall–Kier alpha value is -0.930. The molecule has 1 nitrogen and oxygen atoms in total. The Morgan fingerprint density at radius 2 is 1.31 bits per heavy atom. The van der Waals surface area contributed by atoms with Crippen molar-refractivity contribution in [3.05, 3.63) is 54.9 Å². The van der Waals surface area contributed by atoms with Crippen molar-refractivity contribution in [2.75, 3.05) is 11.5 Å². The van der Waals surface area contributed by atoms with Gasteiger partial charge < -0.3 is 0 Å². The molecule has 0 spiro atoms. The monoisotopic (exact) mass is 247 g/mol. The van der Waals surface area contributed by atoms with Crippen molar-refractivity contribution in [1.82, 2.24) is 4.98 Å². The summed E-state index contributed by atoms with van der Waals surface area (Å²) >= 11 is 3.78. The van der Waals surface area contributed by atoms with E-state index in [1.54, 1.807) is 0 Å². The molecule has 0 N–H and O–H groups in total. The number of nitrogens with zero attached hydrogens (tertiary/aromatic N) is 1. The topological polar surface area (TPSA) is 12.9 Å². The van der Waals surface area contributed by atoms with Crippen LogP contribution in [0.1, 0.15) is 0 Å². The third kappa shape index (κ3) is 3.91. The van der Waals surface area contributed by atoms with Gasteiger partial charge >= 0.3 is 0 Å². The quantitative estimate of drug-likeness (QED) is 0.586. The summed E-state index contributed by atoms with van der Waals surface area (Å²) in [5, 5.41) is 0. The largest absolute Gasteiger partial charge is 0.265 e. The molecule has 0 unspecified atom stereocenters. The van der Waals surface area contributed by atoms with Gasteiger partial charge in [0.25, 0.3) is 0 Å². The van der Waals surface area contributed by atoms with Crippen molar-refractivity contribution in [1.29, 1.82) is 0 Å². The molecule has 0 bridgehead atoms. The zero-order chi connectivity index (χ0) is 11.1. The van der Waals surface area contributed by atoms with Crippen molar-refractivity contribution >= 4 is 23.5 Å². The van der Waals surface area contributed by atoms with Crippen molar-refractivity contribution in [3.8, 4) is 0 Å². The van der Waals surface area contributed by atoms with E-state index in [0.717, 1.165) is 11.5 Å². The van der Waals surface area contributed by atoms with Crippen LogP contribution in [0.15, 0.2) is 64.6 Å². The average Bonchev–Trinajstić information content (AvgIpc) is 2.37. The molecule has 2 aromatic rings. The number of hydrogen-bond donors (Lipinski definition) is 0. The van der Waals surface area contributed by atoms with Gasteiger partial charge in [0.15, 0.2) is 0 Å². The van der Waals surface area contributed by atoms with Crippen molar-refractivity contribution in [3.63, 3.8) is 0 Å². The lowest BCUT2D eigenvalue weighted by Gasteiger charge is -2.01. The van der Waals surface area contributed by atoms with Crippen LogP contribution < -0.4 is 0 Å². The third-order valence-electron chi connectivity index (χ3n) is 2.01. The van der Waals surface area contributed by atoms with Gasteiger partial charge in [0.2, 0.25) is 0 Å². The van der Waals surface area contributed by atoms with E-state index >= 15 is 0 Å². The summed E-state index contributed by atoms with van der Waals surface area (Å²) in [7, 11) is 0. The van der Waals surface area contributed by atoms with Gasteiger partial charge in [-0.05, 0) is 24.3 Å². The Labute approximate surface area is 105 Å². The van der Waals surface area contributed by atoms with E-state index < -0.39 is 0 Å². The van der Waals surface area contributed by atoms with Crippen molar-refractivity contribution in [2.24, 2.45) is 0 Å². The predicted molar refractivity (Wildman–Crippen MR) is 72.1 cm³/mol. The molecule has 0 saturated carbocycles. The smallest absolute Gasteiger partial charge is 0.0278 e. The van der Waals surface area contributed by atoms with Crippen LogP contribution in [0.5, 0.6) is 0 Å². The molecule has 0 saturated heterocycles. The number of thioether (sulfide) groups is 2. The normalized spacial score (nSPS) is 10.2. The molecule has 1 aromatic heterocycles. The molecule has 82 valence electrons. The minimum atomic E-state index is 1.13. The van der Waals surface area contributed by atoms with E-state index in [9.17, 15) is 0 Å². The van der Waals surface area contributed by atoms with Crippen LogP contribution in [-0.2, 0) is 0 Å². The van der Waals surface area contributed by atoms with Crippen LogP contribution in [0.25, 0.3) is 0 Å². The first-order chi connectivity index (χ1) is 7.95. The van der Waals surface area contributed by atoms with Crippen LogP contribution in [0, 0.1) is 0 Å².